The lowest BCUT2D eigenvalue weighted by atomic mass is 10.0. The molecule has 4 heterocycles. The summed E-state index contributed by atoms with van der Waals surface area (Å²) in [4.78, 5) is 10.1. The molecule has 5 nitrogen and oxygen atoms in total. The average molecular weight is 908 g/mol. The van der Waals surface area contributed by atoms with Gasteiger partial charge in [-0.25, -0.2) is 9.97 Å². The van der Waals surface area contributed by atoms with Gasteiger partial charge in [-0.15, -0.1) is 0 Å². The normalized spacial score (nSPS) is 11.8. The molecule has 0 saturated carbocycles. The monoisotopic (exact) mass is 907 g/mol. The lowest BCUT2D eigenvalue weighted by molar-refractivity contribution is 1.16. The van der Waals surface area contributed by atoms with Gasteiger partial charge in [-0.05, 0) is 116 Å². The van der Waals surface area contributed by atoms with Crippen molar-refractivity contribution in [1.29, 1.82) is 0 Å². The van der Waals surface area contributed by atoms with Gasteiger partial charge in [-0.2, -0.15) is 0 Å². The average Bonchev–Trinajstić information content (AvgIpc) is 4.06. The summed E-state index contributed by atoms with van der Waals surface area (Å²) in [5.74, 6) is 0.711. The van der Waals surface area contributed by atoms with Crippen LogP contribution in [-0.4, -0.2) is 23.7 Å². The molecule has 4 aromatic heterocycles. The van der Waals surface area contributed by atoms with Crippen LogP contribution in [0.4, 0.5) is 0 Å². The topological polar surface area (TPSA) is 40.6 Å². The predicted molar refractivity (Wildman–Crippen MR) is 296 cm³/mol. The van der Waals surface area contributed by atoms with Crippen molar-refractivity contribution < 1.29 is 0 Å². The van der Waals surface area contributed by atoms with E-state index in [0.29, 0.717) is 5.82 Å². The molecule has 14 aromatic rings. The van der Waals surface area contributed by atoms with Gasteiger partial charge in [0, 0.05) is 66.1 Å². The van der Waals surface area contributed by atoms with Crippen LogP contribution in [0.5, 0.6) is 0 Å². The van der Waals surface area contributed by atoms with Gasteiger partial charge < -0.3 is 13.7 Å². The number of aryl methyl sites for hydroxylation is 2. The summed E-state index contributed by atoms with van der Waals surface area (Å²) in [5, 5.41) is 7.45. The third-order valence-electron chi connectivity index (χ3n) is 14.4. The standard InChI is InChI=1S/C66H45N5/c1-42-21-33-62-54(37-42)52-17-9-11-19-60(52)70(62)50-31-35-64-56(39-50)57-40-51(71-61-20-12-10-18-53(61)55-38-43(2)22-34-63(55)71)32-36-65(57)69(64)49-29-27-45(28-30-49)44-23-25-47(26-24-44)59-41-58(46-13-5-3-6-14-46)67-66(68-59)48-15-7-4-8-16-48/h3-41H,1-2H3. The molecule has 0 aliphatic heterocycles. The first-order chi connectivity index (χ1) is 35.0. The van der Waals surface area contributed by atoms with Crippen molar-refractivity contribution in [2.75, 3.05) is 0 Å². The minimum Gasteiger partial charge on any atom is -0.309 e. The summed E-state index contributed by atoms with van der Waals surface area (Å²) in [7, 11) is 0. The number of rotatable bonds is 7. The van der Waals surface area contributed by atoms with E-state index in [1.165, 1.54) is 65.5 Å². The highest BCUT2D eigenvalue weighted by Gasteiger charge is 2.20. The number of para-hydroxylation sites is 2. The third-order valence-corrected chi connectivity index (χ3v) is 14.4. The van der Waals surface area contributed by atoms with Crippen LogP contribution in [-0.2, 0) is 0 Å². The van der Waals surface area contributed by atoms with E-state index in [4.69, 9.17) is 9.97 Å². The van der Waals surface area contributed by atoms with Gasteiger partial charge in [0.25, 0.3) is 0 Å². The molecule has 0 amide bonds. The van der Waals surface area contributed by atoms with Crippen molar-refractivity contribution in [3.63, 3.8) is 0 Å². The fourth-order valence-electron chi connectivity index (χ4n) is 11.0. The Balaban J connectivity index is 0.897. The Labute approximate surface area is 410 Å². The molecule has 0 atom stereocenters. The second-order valence-corrected chi connectivity index (χ2v) is 18.8. The second kappa shape index (κ2) is 16.2. The van der Waals surface area contributed by atoms with Gasteiger partial charge in [-0.3, -0.25) is 0 Å². The highest BCUT2D eigenvalue weighted by atomic mass is 15.0. The molecule has 0 radical (unpaired) electrons. The Morgan fingerprint density at radius 1 is 0.254 bits per heavy atom. The molecule has 10 aromatic carbocycles. The smallest absolute Gasteiger partial charge is 0.160 e. The molecule has 0 spiro atoms. The fraction of sp³-hybridized carbons (Fsp3) is 0.0303. The van der Waals surface area contributed by atoms with Crippen LogP contribution in [0.3, 0.4) is 0 Å². The molecular formula is C66H45N5. The van der Waals surface area contributed by atoms with Crippen LogP contribution in [0.25, 0.3) is 128 Å². The van der Waals surface area contributed by atoms with Crippen LogP contribution in [0.2, 0.25) is 0 Å². The van der Waals surface area contributed by atoms with Crippen molar-refractivity contribution in [2.24, 2.45) is 0 Å². The zero-order valence-electron chi connectivity index (χ0n) is 39.3. The Morgan fingerprint density at radius 3 is 1.11 bits per heavy atom. The van der Waals surface area contributed by atoms with Crippen molar-refractivity contribution >= 4 is 65.4 Å². The largest absolute Gasteiger partial charge is 0.309 e. The molecule has 334 valence electrons. The van der Waals surface area contributed by atoms with E-state index in [-0.39, 0.29) is 0 Å². The van der Waals surface area contributed by atoms with Crippen LogP contribution in [0, 0.1) is 13.8 Å². The number of nitrogens with zero attached hydrogens (tertiary/aromatic N) is 5. The van der Waals surface area contributed by atoms with E-state index < -0.39 is 0 Å². The summed E-state index contributed by atoms with van der Waals surface area (Å²) in [5.41, 5.74) is 20.2. The Kier molecular flexibility index (Phi) is 9.26. The van der Waals surface area contributed by atoms with Gasteiger partial charge in [0.05, 0.1) is 44.5 Å². The van der Waals surface area contributed by atoms with Crippen LogP contribution < -0.4 is 0 Å². The first-order valence-electron chi connectivity index (χ1n) is 24.3. The third kappa shape index (κ3) is 6.69. The van der Waals surface area contributed by atoms with Gasteiger partial charge in [0.2, 0.25) is 0 Å². The fourth-order valence-corrected chi connectivity index (χ4v) is 11.0. The summed E-state index contributed by atoms with van der Waals surface area (Å²) in [6.07, 6.45) is 0. The van der Waals surface area contributed by atoms with Crippen molar-refractivity contribution in [3.8, 4) is 62.1 Å². The maximum absolute atomic E-state index is 5.07. The van der Waals surface area contributed by atoms with E-state index in [0.717, 1.165) is 67.3 Å². The lowest BCUT2D eigenvalue weighted by Gasteiger charge is -2.12. The number of fused-ring (bicyclic) bond motifs is 9. The van der Waals surface area contributed by atoms with Crippen LogP contribution in [0.15, 0.2) is 237 Å². The van der Waals surface area contributed by atoms with Gasteiger partial charge >= 0.3 is 0 Å². The van der Waals surface area contributed by atoms with Crippen molar-refractivity contribution in [2.45, 2.75) is 13.8 Å². The van der Waals surface area contributed by atoms with E-state index in [2.05, 4.69) is 240 Å². The Bertz CT molecular complexity index is 4150. The lowest BCUT2D eigenvalue weighted by Crippen LogP contribution is -1.96. The van der Waals surface area contributed by atoms with Crippen molar-refractivity contribution in [3.05, 3.63) is 248 Å². The molecule has 0 unspecified atom stereocenters. The first-order valence-corrected chi connectivity index (χ1v) is 24.3. The van der Waals surface area contributed by atoms with Gasteiger partial charge in [0.15, 0.2) is 5.82 Å². The SMILES string of the molecule is Cc1ccc2c(c1)c1ccccc1n2-c1ccc2c(c1)c1cc(-n3c4ccccc4c4cc(C)ccc43)ccc1n2-c1ccc(-c2ccc(-c3cc(-c4ccccc4)nc(-c4ccccc4)n3)cc2)cc1. The molecule has 0 bridgehead atoms. The maximum Gasteiger partial charge on any atom is 0.160 e. The summed E-state index contributed by atoms with van der Waals surface area (Å²) in [6.45, 7) is 4.35. The van der Waals surface area contributed by atoms with E-state index in [1.54, 1.807) is 0 Å². The Hall–Kier alpha value is -9.32. The van der Waals surface area contributed by atoms with E-state index in [9.17, 15) is 0 Å². The van der Waals surface area contributed by atoms with Crippen LogP contribution >= 0.6 is 0 Å². The number of benzene rings is 10. The number of hydrogen-bond acceptors (Lipinski definition) is 2. The van der Waals surface area contributed by atoms with Gasteiger partial charge in [0.1, 0.15) is 0 Å². The van der Waals surface area contributed by atoms with Crippen LogP contribution in [0.1, 0.15) is 11.1 Å². The highest BCUT2D eigenvalue weighted by Crippen LogP contribution is 2.40. The summed E-state index contributed by atoms with van der Waals surface area (Å²) < 4.78 is 7.29. The van der Waals surface area contributed by atoms with Gasteiger partial charge in [-0.1, -0.05) is 157 Å². The quantitative estimate of drug-likeness (QED) is 0.160. The minimum absolute atomic E-state index is 0.711. The van der Waals surface area contributed by atoms with E-state index in [1.807, 2.05) is 24.3 Å². The predicted octanol–water partition coefficient (Wildman–Crippen LogP) is 17.1. The zero-order valence-corrected chi connectivity index (χ0v) is 39.3. The molecule has 14 rings (SSSR count). The van der Waals surface area contributed by atoms with Crippen molar-refractivity contribution in [1.82, 2.24) is 23.7 Å². The molecular weight excluding hydrogens is 863 g/mol. The number of hydrogen-bond donors (Lipinski definition) is 0. The molecule has 0 aliphatic carbocycles. The molecule has 0 N–H and O–H groups in total. The molecule has 0 fully saturated rings. The van der Waals surface area contributed by atoms with E-state index >= 15 is 0 Å². The molecule has 5 heteroatoms. The highest BCUT2D eigenvalue weighted by molar-refractivity contribution is 6.14. The maximum atomic E-state index is 5.07. The zero-order chi connectivity index (χ0) is 47.2. The molecule has 0 aliphatic rings. The molecule has 71 heavy (non-hydrogen) atoms. The first kappa shape index (κ1) is 40.7. The summed E-state index contributed by atoms with van der Waals surface area (Å²) >= 11 is 0. The number of aromatic nitrogens is 5. The Morgan fingerprint density at radius 2 is 0.606 bits per heavy atom. The molecule has 0 saturated heterocycles. The summed E-state index contributed by atoms with van der Waals surface area (Å²) in [6, 6.07) is 85.6. The minimum atomic E-state index is 0.711. The second-order valence-electron chi connectivity index (χ2n) is 18.8.